The number of rotatable bonds is 5. The first-order chi connectivity index (χ1) is 10.4. The van der Waals surface area contributed by atoms with Crippen molar-refractivity contribution < 1.29 is 9.53 Å². The molecule has 1 saturated carbocycles. The highest BCUT2D eigenvalue weighted by Crippen LogP contribution is 2.40. The van der Waals surface area contributed by atoms with Gasteiger partial charge in [-0.05, 0) is 62.9 Å². The fraction of sp³-hybridized carbons (Fsp3) is 0.944. The first-order valence-electron chi connectivity index (χ1n) is 9.00. The van der Waals surface area contributed by atoms with Gasteiger partial charge in [0.2, 0.25) is 0 Å². The molecular formula is C18H35ClN2O2. The second-order valence-electron chi connectivity index (χ2n) is 7.81. The number of amides is 1. The van der Waals surface area contributed by atoms with Gasteiger partial charge < -0.3 is 15.4 Å². The number of halogens is 1. The lowest BCUT2D eigenvalue weighted by atomic mass is 9.69. The first-order valence-corrected chi connectivity index (χ1v) is 9.00. The van der Waals surface area contributed by atoms with E-state index in [0.29, 0.717) is 11.5 Å². The van der Waals surface area contributed by atoms with Crippen LogP contribution in [-0.2, 0) is 9.53 Å². The summed E-state index contributed by atoms with van der Waals surface area (Å²) in [6.07, 6.45) is 7.45. The topological polar surface area (TPSA) is 50.4 Å². The Kier molecular flexibility index (Phi) is 7.82. The van der Waals surface area contributed by atoms with Crippen LogP contribution in [0.3, 0.4) is 0 Å². The van der Waals surface area contributed by atoms with Gasteiger partial charge in [-0.15, -0.1) is 12.4 Å². The molecule has 0 spiro atoms. The van der Waals surface area contributed by atoms with Crippen LogP contribution in [0.2, 0.25) is 0 Å². The largest absolute Gasteiger partial charge is 0.368 e. The molecule has 1 amide bonds. The van der Waals surface area contributed by atoms with Gasteiger partial charge in [0.05, 0.1) is 0 Å². The lowest BCUT2D eigenvalue weighted by molar-refractivity contribution is -0.147. The van der Waals surface area contributed by atoms with E-state index in [1.807, 2.05) is 0 Å². The van der Waals surface area contributed by atoms with Gasteiger partial charge in [0.15, 0.2) is 0 Å². The Morgan fingerprint density at radius 2 is 1.78 bits per heavy atom. The molecule has 0 aromatic rings. The van der Waals surface area contributed by atoms with E-state index in [0.717, 1.165) is 44.7 Å². The van der Waals surface area contributed by atoms with Gasteiger partial charge >= 0.3 is 0 Å². The molecule has 136 valence electrons. The summed E-state index contributed by atoms with van der Waals surface area (Å²) in [4.78, 5) is 12.7. The molecule has 5 heteroatoms. The second kappa shape index (κ2) is 8.68. The van der Waals surface area contributed by atoms with Crippen molar-refractivity contribution in [3.05, 3.63) is 0 Å². The van der Waals surface area contributed by atoms with E-state index in [4.69, 9.17) is 4.74 Å². The van der Waals surface area contributed by atoms with Crippen LogP contribution in [0.15, 0.2) is 0 Å². The predicted molar refractivity (Wildman–Crippen MR) is 97.1 cm³/mol. The van der Waals surface area contributed by atoms with E-state index in [9.17, 15) is 4.79 Å². The smallest absolute Gasteiger partial charge is 0.252 e. The van der Waals surface area contributed by atoms with Crippen molar-refractivity contribution in [3.63, 3.8) is 0 Å². The monoisotopic (exact) mass is 346 g/mol. The van der Waals surface area contributed by atoms with Crippen molar-refractivity contribution in [2.24, 2.45) is 11.3 Å². The lowest BCUT2D eigenvalue weighted by Gasteiger charge is -2.40. The van der Waals surface area contributed by atoms with Crippen molar-refractivity contribution in [1.29, 1.82) is 0 Å². The van der Waals surface area contributed by atoms with Crippen molar-refractivity contribution in [1.82, 2.24) is 10.6 Å². The number of nitrogens with one attached hydrogen (secondary N) is 2. The number of piperidine rings is 1. The first kappa shape index (κ1) is 20.7. The molecule has 2 rings (SSSR count). The van der Waals surface area contributed by atoms with Crippen LogP contribution in [0.1, 0.15) is 65.7 Å². The standard InChI is InChI=1S/C18H34N2O2.ClH/c1-5-17(2,3)14-6-8-15(9-7-14)20-16(21)18(22-4)10-12-19-13-11-18;/h14-15,19H,5-13H2,1-4H3,(H,20,21);1H. The molecular weight excluding hydrogens is 312 g/mol. The average Bonchev–Trinajstić information content (AvgIpc) is 2.56. The van der Waals surface area contributed by atoms with Crippen molar-refractivity contribution in [3.8, 4) is 0 Å². The van der Waals surface area contributed by atoms with Gasteiger partial charge in [-0.1, -0.05) is 27.2 Å². The Bertz CT molecular complexity index is 373. The molecule has 0 bridgehead atoms. The Morgan fingerprint density at radius 3 is 2.26 bits per heavy atom. The third-order valence-corrected chi connectivity index (χ3v) is 6.29. The van der Waals surface area contributed by atoms with E-state index in [1.54, 1.807) is 7.11 Å². The molecule has 2 aliphatic rings. The molecule has 0 atom stereocenters. The molecule has 0 radical (unpaired) electrons. The average molecular weight is 347 g/mol. The number of carbonyl (C=O) groups excluding carboxylic acids is 1. The van der Waals surface area contributed by atoms with Crippen molar-refractivity contribution >= 4 is 18.3 Å². The van der Waals surface area contributed by atoms with Crippen LogP contribution < -0.4 is 10.6 Å². The molecule has 0 unspecified atom stereocenters. The fourth-order valence-electron chi connectivity index (χ4n) is 3.98. The number of ether oxygens (including phenoxy) is 1. The van der Waals surface area contributed by atoms with Crippen molar-refractivity contribution in [2.45, 2.75) is 77.4 Å². The highest BCUT2D eigenvalue weighted by molar-refractivity contribution is 5.86. The zero-order valence-electron chi connectivity index (χ0n) is 15.2. The van der Waals surface area contributed by atoms with Gasteiger partial charge in [0.1, 0.15) is 5.60 Å². The number of hydrogen-bond acceptors (Lipinski definition) is 3. The third-order valence-electron chi connectivity index (χ3n) is 6.29. The summed E-state index contributed by atoms with van der Waals surface area (Å²) in [5.41, 5.74) is -0.178. The Hall–Kier alpha value is -0.320. The zero-order valence-corrected chi connectivity index (χ0v) is 16.1. The van der Waals surface area contributed by atoms with Crippen LogP contribution >= 0.6 is 12.4 Å². The normalized spacial score (nSPS) is 27.8. The van der Waals surface area contributed by atoms with E-state index in [2.05, 4.69) is 31.4 Å². The number of methoxy groups -OCH3 is 1. The summed E-state index contributed by atoms with van der Waals surface area (Å²) in [6, 6.07) is 0.332. The molecule has 2 N–H and O–H groups in total. The maximum Gasteiger partial charge on any atom is 0.252 e. The Labute approximate surface area is 147 Å². The summed E-state index contributed by atoms with van der Waals surface area (Å²) >= 11 is 0. The molecule has 1 heterocycles. The Morgan fingerprint density at radius 1 is 1.22 bits per heavy atom. The summed E-state index contributed by atoms with van der Waals surface area (Å²) in [6.45, 7) is 8.77. The van der Waals surface area contributed by atoms with Gasteiger partial charge in [-0.3, -0.25) is 4.79 Å². The minimum atomic E-state index is -0.606. The van der Waals surface area contributed by atoms with Gasteiger partial charge in [-0.25, -0.2) is 0 Å². The van der Waals surface area contributed by atoms with Gasteiger partial charge in [0, 0.05) is 13.2 Å². The molecule has 2 fully saturated rings. The van der Waals surface area contributed by atoms with Crippen LogP contribution in [0.25, 0.3) is 0 Å². The van der Waals surface area contributed by atoms with Gasteiger partial charge in [0.25, 0.3) is 5.91 Å². The summed E-state index contributed by atoms with van der Waals surface area (Å²) in [5.74, 6) is 0.899. The minimum absolute atomic E-state index is 0. The summed E-state index contributed by atoms with van der Waals surface area (Å²) < 4.78 is 5.62. The molecule has 0 aromatic heterocycles. The van der Waals surface area contributed by atoms with Crippen LogP contribution in [0.5, 0.6) is 0 Å². The van der Waals surface area contributed by atoms with Gasteiger partial charge in [-0.2, -0.15) is 0 Å². The molecule has 0 aromatic carbocycles. The van der Waals surface area contributed by atoms with Crippen LogP contribution in [0.4, 0.5) is 0 Å². The molecule has 1 aliphatic carbocycles. The number of hydrogen-bond donors (Lipinski definition) is 2. The maximum absolute atomic E-state index is 12.7. The Balaban J connectivity index is 0.00000264. The van der Waals surface area contributed by atoms with Crippen LogP contribution in [-0.4, -0.2) is 37.7 Å². The number of carbonyl (C=O) groups is 1. The fourth-order valence-corrected chi connectivity index (χ4v) is 3.98. The van der Waals surface area contributed by atoms with E-state index in [1.165, 1.54) is 19.3 Å². The van der Waals surface area contributed by atoms with E-state index >= 15 is 0 Å². The van der Waals surface area contributed by atoms with E-state index in [-0.39, 0.29) is 18.3 Å². The molecule has 1 aliphatic heterocycles. The minimum Gasteiger partial charge on any atom is -0.368 e. The highest BCUT2D eigenvalue weighted by Gasteiger charge is 2.41. The summed E-state index contributed by atoms with van der Waals surface area (Å²) in [5, 5.41) is 6.58. The van der Waals surface area contributed by atoms with Crippen molar-refractivity contribution in [2.75, 3.05) is 20.2 Å². The predicted octanol–water partition coefficient (Wildman–Crippen LogP) is 3.29. The zero-order chi connectivity index (χ0) is 16.2. The summed E-state index contributed by atoms with van der Waals surface area (Å²) in [7, 11) is 1.67. The maximum atomic E-state index is 12.7. The third kappa shape index (κ3) is 4.83. The second-order valence-corrected chi connectivity index (χ2v) is 7.81. The highest BCUT2D eigenvalue weighted by atomic mass is 35.5. The quantitative estimate of drug-likeness (QED) is 0.803. The van der Waals surface area contributed by atoms with Crippen LogP contribution in [0, 0.1) is 11.3 Å². The molecule has 1 saturated heterocycles. The molecule has 4 nitrogen and oxygen atoms in total. The SMILES string of the molecule is CCC(C)(C)C1CCC(NC(=O)C2(OC)CCNCC2)CC1.Cl. The molecule has 23 heavy (non-hydrogen) atoms. The van der Waals surface area contributed by atoms with E-state index < -0.39 is 5.60 Å². The lowest BCUT2D eigenvalue weighted by Crippen LogP contribution is -2.56.